The highest BCUT2D eigenvalue weighted by molar-refractivity contribution is 7.90. The highest BCUT2D eigenvalue weighted by Crippen LogP contribution is 2.45. The molecule has 54 heavy (non-hydrogen) atoms. The van der Waals surface area contributed by atoms with Crippen molar-refractivity contribution in [2.24, 2.45) is 0 Å². The van der Waals surface area contributed by atoms with Crippen molar-refractivity contribution in [1.29, 1.82) is 0 Å². The molecule has 3 aromatic carbocycles. The number of halogens is 1. The predicted molar refractivity (Wildman–Crippen MR) is 202 cm³/mol. The molecule has 0 saturated heterocycles. The number of methoxy groups -OCH3 is 1. The topological polar surface area (TPSA) is 168 Å². The van der Waals surface area contributed by atoms with Gasteiger partial charge in [0.15, 0.2) is 6.61 Å². The van der Waals surface area contributed by atoms with E-state index in [9.17, 15) is 27.6 Å². The molecule has 2 N–H and O–H groups in total. The molecular weight excluding hydrogens is 738 g/mol. The van der Waals surface area contributed by atoms with E-state index in [0.717, 1.165) is 16.6 Å². The SMILES string of the molecule is COC(=O)c1c2c3c(cc(Cl)cc3n1S(=O)(=O)c1ccccc1)CCC2CC(=O)Nc1ccc(CNC(=O)OC(C)(C)C)cc1OCC(=O)OC(C)(C)C. The molecule has 5 rings (SSSR count). The van der Waals surface area contributed by atoms with E-state index >= 15 is 0 Å². The Bertz CT molecular complexity index is 2200. The predicted octanol–water partition coefficient (Wildman–Crippen LogP) is 7.12. The Morgan fingerprint density at radius 1 is 0.926 bits per heavy atom. The number of carbonyl (C=O) groups excluding carboxylic acids is 4. The van der Waals surface area contributed by atoms with Crippen molar-refractivity contribution in [2.75, 3.05) is 19.0 Å². The number of nitrogens with one attached hydrogen (secondary N) is 2. The number of rotatable bonds is 11. The largest absolute Gasteiger partial charge is 0.480 e. The van der Waals surface area contributed by atoms with E-state index < -0.39 is 57.7 Å². The Morgan fingerprint density at radius 3 is 2.26 bits per heavy atom. The summed E-state index contributed by atoms with van der Waals surface area (Å²) in [6, 6.07) is 15.7. The van der Waals surface area contributed by atoms with Crippen LogP contribution >= 0.6 is 11.6 Å². The molecule has 2 amide bonds. The summed E-state index contributed by atoms with van der Waals surface area (Å²) < 4.78 is 51.0. The van der Waals surface area contributed by atoms with Gasteiger partial charge in [-0.2, -0.15) is 0 Å². The second-order valence-electron chi connectivity index (χ2n) is 14.8. The van der Waals surface area contributed by atoms with Gasteiger partial charge < -0.3 is 29.6 Å². The van der Waals surface area contributed by atoms with Crippen LogP contribution in [0.15, 0.2) is 65.6 Å². The van der Waals surface area contributed by atoms with E-state index in [1.807, 2.05) is 0 Å². The van der Waals surface area contributed by atoms with Crippen molar-refractivity contribution in [2.45, 2.75) is 89.4 Å². The molecule has 288 valence electrons. The van der Waals surface area contributed by atoms with Gasteiger partial charge in [0.05, 0.1) is 23.2 Å². The molecule has 0 aliphatic heterocycles. The van der Waals surface area contributed by atoms with E-state index in [4.69, 9.17) is 30.5 Å². The van der Waals surface area contributed by atoms with Gasteiger partial charge in [0, 0.05) is 23.4 Å². The molecule has 1 atom stereocenters. The maximum atomic E-state index is 14.2. The summed E-state index contributed by atoms with van der Waals surface area (Å²) in [5.41, 5.74) is 0.473. The molecule has 0 saturated carbocycles. The lowest BCUT2D eigenvalue weighted by atomic mass is 9.81. The maximum absolute atomic E-state index is 14.2. The molecule has 1 aromatic heterocycles. The Morgan fingerprint density at radius 2 is 1.61 bits per heavy atom. The lowest BCUT2D eigenvalue weighted by Crippen LogP contribution is -2.32. The van der Waals surface area contributed by atoms with Crippen molar-refractivity contribution in [3.8, 4) is 5.75 Å². The van der Waals surface area contributed by atoms with Crippen LogP contribution in [0.5, 0.6) is 5.75 Å². The minimum absolute atomic E-state index is 0.0441. The van der Waals surface area contributed by atoms with Gasteiger partial charge in [-0.25, -0.2) is 26.8 Å². The van der Waals surface area contributed by atoms with Crippen molar-refractivity contribution < 1.29 is 46.5 Å². The summed E-state index contributed by atoms with van der Waals surface area (Å²) >= 11 is 6.49. The van der Waals surface area contributed by atoms with E-state index in [2.05, 4.69) is 10.6 Å². The third kappa shape index (κ3) is 9.34. The molecule has 0 bridgehead atoms. The van der Waals surface area contributed by atoms with Crippen molar-refractivity contribution in [1.82, 2.24) is 9.29 Å². The molecule has 15 heteroatoms. The third-order valence-electron chi connectivity index (χ3n) is 8.29. The van der Waals surface area contributed by atoms with Crippen molar-refractivity contribution >= 4 is 62.2 Å². The monoisotopic (exact) mass is 781 g/mol. The molecule has 1 heterocycles. The first-order valence-electron chi connectivity index (χ1n) is 17.3. The van der Waals surface area contributed by atoms with E-state index in [0.29, 0.717) is 34.4 Å². The summed E-state index contributed by atoms with van der Waals surface area (Å²) in [4.78, 5) is 52.2. The van der Waals surface area contributed by atoms with Crippen molar-refractivity contribution in [3.63, 3.8) is 0 Å². The van der Waals surface area contributed by atoms with Gasteiger partial charge in [-0.1, -0.05) is 35.9 Å². The van der Waals surface area contributed by atoms with Gasteiger partial charge in [-0.05, 0) is 113 Å². The van der Waals surface area contributed by atoms with Crippen LogP contribution in [-0.2, 0) is 46.8 Å². The minimum Gasteiger partial charge on any atom is -0.480 e. The van der Waals surface area contributed by atoms with Crippen LogP contribution in [0, 0.1) is 0 Å². The average molecular weight is 782 g/mol. The lowest BCUT2D eigenvalue weighted by molar-refractivity contribution is -0.157. The molecule has 1 unspecified atom stereocenters. The number of anilines is 1. The zero-order valence-electron chi connectivity index (χ0n) is 31.2. The summed E-state index contributed by atoms with van der Waals surface area (Å²) in [6.45, 7) is 10.0. The quantitative estimate of drug-likeness (QED) is 0.118. The van der Waals surface area contributed by atoms with E-state index in [1.165, 1.54) is 18.2 Å². The van der Waals surface area contributed by atoms with Crippen LogP contribution in [0.2, 0.25) is 5.02 Å². The number of esters is 2. The summed E-state index contributed by atoms with van der Waals surface area (Å²) in [7, 11) is -3.17. The number of aryl methyl sites for hydroxylation is 1. The number of alkyl carbamates (subject to hydrolysis) is 1. The van der Waals surface area contributed by atoms with Crippen LogP contribution in [-0.4, -0.2) is 61.2 Å². The first kappa shape index (κ1) is 40.1. The Balaban J connectivity index is 1.48. The molecule has 1 aliphatic rings. The summed E-state index contributed by atoms with van der Waals surface area (Å²) in [5, 5.41) is 6.34. The fraction of sp³-hybridized carbons (Fsp3) is 0.385. The van der Waals surface area contributed by atoms with Gasteiger partial charge in [-0.3, -0.25) is 4.79 Å². The zero-order valence-corrected chi connectivity index (χ0v) is 32.8. The van der Waals surface area contributed by atoms with Gasteiger partial charge in [0.2, 0.25) is 5.91 Å². The second kappa shape index (κ2) is 15.7. The Kier molecular flexibility index (Phi) is 11.7. The normalized spacial score (nSPS) is 14.3. The molecule has 13 nitrogen and oxygen atoms in total. The van der Waals surface area contributed by atoms with E-state index in [-0.39, 0.29) is 40.5 Å². The fourth-order valence-electron chi connectivity index (χ4n) is 6.30. The number of benzene rings is 3. The van der Waals surface area contributed by atoms with Crippen molar-refractivity contribution in [3.05, 3.63) is 88.1 Å². The molecule has 0 fully saturated rings. The number of aromatic nitrogens is 1. The zero-order chi connectivity index (χ0) is 39.6. The van der Waals surface area contributed by atoms with E-state index in [1.54, 1.807) is 84.0 Å². The van der Waals surface area contributed by atoms with Crippen LogP contribution < -0.4 is 15.4 Å². The van der Waals surface area contributed by atoms with Crippen LogP contribution in [0.1, 0.15) is 87.5 Å². The third-order valence-corrected chi connectivity index (χ3v) is 10.2. The standard InChI is InChI=1S/C39H44ClN3O10S/c1-38(2,3)52-32(45)22-51-30-17-23(21-41-37(47)53-39(4,5)6)13-16-28(30)42-31(44)19-25-15-14-24-18-26(40)20-29-33(24)34(25)35(36(46)50-7)43(29)54(48,49)27-11-9-8-10-12-27/h8-13,16-18,20,25H,14-15,19,21-22H2,1-7H3,(H,41,47)(H,42,44). The highest BCUT2D eigenvalue weighted by Gasteiger charge is 2.38. The minimum atomic E-state index is -4.33. The highest BCUT2D eigenvalue weighted by atomic mass is 35.5. The molecule has 0 spiro atoms. The van der Waals surface area contributed by atoms with Crippen LogP contribution in [0.4, 0.5) is 10.5 Å². The van der Waals surface area contributed by atoms with Crippen LogP contribution in [0.25, 0.3) is 10.9 Å². The van der Waals surface area contributed by atoms with Gasteiger partial charge in [0.25, 0.3) is 10.0 Å². The molecule has 0 radical (unpaired) electrons. The summed E-state index contributed by atoms with van der Waals surface area (Å²) in [6.07, 6.45) is 0.0799. The number of nitrogens with zero attached hydrogens (tertiary/aromatic N) is 1. The first-order chi connectivity index (χ1) is 25.3. The number of amides is 2. The molecular formula is C39H44ClN3O10S. The Hall–Kier alpha value is -5.08. The number of hydrogen-bond donors (Lipinski definition) is 2. The molecule has 4 aromatic rings. The maximum Gasteiger partial charge on any atom is 0.407 e. The number of carbonyl (C=O) groups is 4. The van der Waals surface area contributed by atoms with Gasteiger partial charge in [0.1, 0.15) is 22.6 Å². The van der Waals surface area contributed by atoms with Gasteiger partial charge in [-0.15, -0.1) is 0 Å². The first-order valence-corrected chi connectivity index (χ1v) is 19.1. The smallest absolute Gasteiger partial charge is 0.407 e. The molecule has 1 aliphatic carbocycles. The Labute approximate surface area is 319 Å². The second-order valence-corrected chi connectivity index (χ2v) is 17.1. The van der Waals surface area contributed by atoms with Crippen LogP contribution in [0.3, 0.4) is 0 Å². The number of hydrogen-bond acceptors (Lipinski definition) is 10. The summed E-state index contributed by atoms with van der Waals surface area (Å²) in [5.74, 6) is -2.46. The van der Waals surface area contributed by atoms with Gasteiger partial charge >= 0.3 is 18.0 Å². The average Bonchev–Trinajstić information content (AvgIpc) is 3.43. The lowest BCUT2D eigenvalue weighted by Gasteiger charge is -2.24. The fourth-order valence-corrected chi connectivity index (χ4v) is 8.06. The number of ether oxygens (including phenoxy) is 4.